The molecule has 0 bridgehead atoms. The third-order valence-corrected chi connectivity index (χ3v) is 19.8. The summed E-state index contributed by atoms with van der Waals surface area (Å²) in [4.78, 5) is 0. The van der Waals surface area contributed by atoms with Crippen molar-refractivity contribution in [2.24, 2.45) is 0 Å². The van der Waals surface area contributed by atoms with Gasteiger partial charge in [0.2, 0.25) is 0 Å². The van der Waals surface area contributed by atoms with E-state index in [9.17, 15) is 0 Å². The first kappa shape index (κ1) is 48.4. The van der Waals surface area contributed by atoms with Crippen molar-refractivity contribution in [1.29, 1.82) is 0 Å². The van der Waals surface area contributed by atoms with E-state index in [4.69, 9.17) is 51.0 Å². The zero-order valence-corrected chi connectivity index (χ0v) is 39.1. The lowest BCUT2D eigenvalue weighted by atomic mass is 10.1. The highest BCUT2D eigenvalue weighted by molar-refractivity contribution is 8.47. The van der Waals surface area contributed by atoms with Gasteiger partial charge in [0.25, 0.3) is 0 Å². The van der Waals surface area contributed by atoms with Gasteiger partial charge in [0, 0.05) is 63.2 Å². The van der Waals surface area contributed by atoms with Crippen LogP contribution >= 0.6 is 71.5 Å². The third kappa shape index (κ3) is 19.4. The quantitative estimate of drug-likeness (QED) is 0.0445. The second-order valence-corrected chi connectivity index (χ2v) is 23.7. The van der Waals surface area contributed by atoms with Gasteiger partial charge in [-0.1, -0.05) is 85.8 Å². The molecule has 2 rings (SSSR count). The zero-order valence-electron chi connectivity index (χ0n) is 32.2. The van der Waals surface area contributed by atoms with Gasteiger partial charge in [-0.25, -0.2) is 0 Å². The van der Waals surface area contributed by atoms with E-state index in [0.717, 1.165) is 55.0 Å². The number of hydrogen-bond acceptors (Lipinski definition) is 12. The number of unbranched alkanes of at least 4 members (excludes halogenated alkanes) is 3. The highest BCUT2D eigenvalue weighted by Crippen LogP contribution is 2.29. The minimum Gasteiger partial charge on any atom is -0.374 e. The molecule has 0 spiro atoms. The van der Waals surface area contributed by atoms with Gasteiger partial charge in [-0.15, -0.1) is 47.0 Å². The van der Waals surface area contributed by atoms with Gasteiger partial charge in [-0.3, -0.25) is 0 Å². The third-order valence-electron chi connectivity index (χ3n) is 7.99. The predicted molar refractivity (Wildman–Crippen MR) is 242 cm³/mol. The first-order chi connectivity index (χ1) is 25.3. The Balaban J connectivity index is 1.65. The summed E-state index contributed by atoms with van der Waals surface area (Å²) >= 11 is 18.7. The summed E-state index contributed by atoms with van der Waals surface area (Å²) in [5, 5.41) is 0. The van der Waals surface area contributed by atoms with E-state index in [1.165, 1.54) is 47.9 Å². The Morgan fingerprint density at radius 3 is 1.08 bits per heavy atom. The first-order valence-corrected chi connectivity index (χ1v) is 27.5. The maximum absolute atomic E-state index is 6.08. The van der Waals surface area contributed by atoms with Crippen LogP contribution in [0.25, 0.3) is 0 Å². The standard InChI is InChI=1S/C38H62O6S6Si2/c1-7-39-51(40-8-2,41-9-3)29-25-33-21-15-17-23-35(33)31-49-37(45)47-27-19-13-14-20-28-48-38(46)50-32-36-24-18-16-22-34(36)26-30-52(42-10-4,43-11-5)44-12-6/h15-18,21-24H,7-14,19-20,25-32H2,1-6H3. The van der Waals surface area contributed by atoms with Crippen molar-refractivity contribution in [3.8, 4) is 0 Å². The molecule has 294 valence electrons. The van der Waals surface area contributed by atoms with Crippen LogP contribution < -0.4 is 0 Å². The largest absolute Gasteiger partial charge is 0.501 e. The Hall–Kier alpha value is 0.214. The Bertz CT molecular complexity index is 1150. The molecule has 0 saturated carbocycles. The monoisotopic (exact) mass is 862 g/mol. The average molecular weight is 863 g/mol. The molecule has 0 heterocycles. The summed E-state index contributed by atoms with van der Waals surface area (Å²) in [7, 11) is -5.35. The molecule has 2 aromatic carbocycles. The lowest BCUT2D eigenvalue weighted by molar-refractivity contribution is 0.0706. The maximum atomic E-state index is 6.08. The van der Waals surface area contributed by atoms with E-state index in [1.807, 2.05) is 65.1 Å². The van der Waals surface area contributed by atoms with Gasteiger partial charge in [0.05, 0.1) is 0 Å². The van der Waals surface area contributed by atoms with Crippen LogP contribution in [0.15, 0.2) is 48.5 Å². The van der Waals surface area contributed by atoms with E-state index >= 15 is 0 Å². The van der Waals surface area contributed by atoms with Crippen LogP contribution in [0.3, 0.4) is 0 Å². The van der Waals surface area contributed by atoms with Crippen molar-refractivity contribution in [1.82, 2.24) is 0 Å². The van der Waals surface area contributed by atoms with Gasteiger partial charge < -0.3 is 26.6 Å². The average Bonchev–Trinajstić information content (AvgIpc) is 3.14. The van der Waals surface area contributed by atoms with E-state index in [-0.39, 0.29) is 0 Å². The molecule has 0 amide bonds. The van der Waals surface area contributed by atoms with Crippen LogP contribution in [0.2, 0.25) is 12.1 Å². The second-order valence-electron chi connectivity index (χ2n) is 11.7. The van der Waals surface area contributed by atoms with Crippen LogP contribution in [0.4, 0.5) is 0 Å². The molecule has 0 aliphatic rings. The minimum atomic E-state index is -2.67. The molecule has 0 aliphatic heterocycles. The topological polar surface area (TPSA) is 55.4 Å². The molecule has 0 saturated heterocycles. The number of hydrogen-bond donors (Lipinski definition) is 0. The Morgan fingerprint density at radius 1 is 0.462 bits per heavy atom. The fourth-order valence-corrected chi connectivity index (χ4v) is 15.4. The fourth-order valence-electron chi connectivity index (χ4n) is 5.69. The van der Waals surface area contributed by atoms with Gasteiger partial charge in [-0.05, 0) is 101 Å². The lowest BCUT2D eigenvalue weighted by Gasteiger charge is -2.28. The summed E-state index contributed by atoms with van der Waals surface area (Å²) in [5.74, 6) is 3.91. The molecule has 0 fully saturated rings. The highest BCUT2D eigenvalue weighted by atomic mass is 32.2. The molecule has 6 nitrogen and oxygen atoms in total. The molecule has 52 heavy (non-hydrogen) atoms. The van der Waals surface area contributed by atoms with Crippen LogP contribution in [-0.4, -0.2) is 75.8 Å². The fraction of sp³-hybridized carbons (Fsp3) is 0.632. The van der Waals surface area contributed by atoms with E-state index in [1.54, 1.807) is 23.5 Å². The summed E-state index contributed by atoms with van der Waals surface area (Å²) in [6.45, 7) is 15.6. The molecule has 2 aromatic rings. The minimum absolute atomic E-state index is 0.600. The first-order valence-electron chi connectivity index (χ1n) is 18.9. The lowest BCUT2D eigenvalue weighted by Crippen LogP contribution is -2.46. The molecule has 0 aromatic heterocycles. The van der Waals surface area contributed by atoms with Crippen molar-refractivity contribution >= 4 is 96.1 Å². The highest BCUT2D eigenvalue weighted by Gasteiger charge is 2.41. The molecular weight excluding hydrogens is 801 g/mol. The van der Waals surface area contributed by atoms with E-state index in [2.05, 4.69) is 48.5 Å². The number of thioether (sulfide) groups is 4. The Kier molecular flexibility index (Phi) is 27.4. The molecule has 0 aliphatic carbocycles. The van der Waals surface area contributed by atoms with Crippen LogP contribution in [0.1, 0.15) is 89.5 Å². The van der Waals surface area contributed by atoms with Crippen molar-refractivity contribution in [2.45, 2.75) is 104 Å². The molecule has 0 unspecified atom stereocenters. The van der Waals surface area contributed by atoms with Crippen molar-refractivity contribution < 1.29 is 26.6 Å². The smallest absolute Gasteiger partial charge is 0.374 e. The zero-order chi connectivity index (χ0) is 37.9. The molecular formula is C38H62O6S6Si2. The Morgan fingerprint density at radius 2 is 0.769 bits per heavy atom. The summed E-state index contributed by atoms with van der Waals surface area (Å²) < 4.78 is 38.5. The number of benzene rings is 2. The SMILES string of the molecule is CCO[Si](CCc1ccccc1CSC(=S)SCCCCCCSC(=S)SCc1ccccc1CC[Si](OCC)(OCC)OCC)(OCC)OCC. The van der Waals surface area contributed by atoms with Crippen molar-refractivity contribution in [2.75, 3.05) is 51.1 Å². The summed E-state index contributed by atoms with van der Waals surface area (Å²) in [6.07, 6.45) is 6.56. The van der Waals surface area contributed by atoms with Crippen LogP contribution in [-0.2, 0) is 50.9 Å². The van der Waals surface area contributed by atoms with Crippen molar-refractivity contribution in [3.05, 3.63) is 70.8 Å². The van der Waals surface area contributed by atoms with Gasteiger partial charge in [-0.2, -0.15) is 0 Å². The molecule has 0 atom stereocenters. The van der Waals surface area contributed by atoms with E-state index < -0.39 is 17.6 Å². The summed E-state index contributed by atoms with van der Waals surface area (Å²) in [6, 6.07) is 18.9. The van der Waals surface area contributed by atoms with Crippen molar-refractivity contribution in [3.63, 3.8) is 0 Å². The Labute approximate surface area is 345 Å². The second kappa shape index (κ2) is 29.5. The number of rotatable bonds is 29. The van der Waals surface area contributed by atoms with E-state index in [0.29, 0.717) is 39.6 Å². The van der Waals surface area contributed by atoms with Gasteiger partial charge >= 0.3 is 17.6 Å². The molecule has 0 radical (unpaired) electrons. The normalized spacial score (nSPS) is 12.0. The number of thiocarbonyl (C=S) groups is 2. The van der Waals surface area contributed by atoms with Gasteiger partial charge in [0.1, 0.15) is 7.06 Å². The van der Waals surface area contributed by atoms with Gasteiger partial charge in [0.15, 0.2) is 0 Å². The maximum Gasteiger partial charge on any atom is 0.501 e. The molecule has 14 heteroatoms. The summed E-state index contributed by atoms with van der Waals surface area (Å²) in [5.41, 5.74) is 5.29. The molecule has 0 N–H and O–H groups in total. The van der Waals surface area contributed by atoms with Crippen LogP contribution in [0, 0.1) is 0 Å². The van der Waals surface area contributed by atoms with Crippen LogP contribution in [0.5, 0.6) is 0 Å². The predicted octanol–water partition coefficient (Wildman–Crippen LogP) is 11.6. The number of aryl methyl sites for hydroxylation is 2.